The number of H-pyrrole nitrogens is 1. The standard InChI is InChI=1S/C19H24N10/c1-12-7-17(27-26-12)24-16-10-18-21-11-22-29(18)19(25-16)23-13-8-14-3-4-15(9-13)28(14)6-2-5-20/h7,10-11,13-15H,2-4,6,8-9H2,1H3,(H,23,25)(H2,24,26,27)/t13?,14-,15?/m0/s1. The molecule has 2 fully saturated rings. The molecule has 2 aliphatic heterocycles. The lowest BCUT2D eigenvalue weighted by atomic mass is 9.97. The summed E-state index contributed by atoms with van der Waals surface area (Å²) in [7, 11) is 0. The minimum absolute atomic E-state index is 0.327. The SMILES string of the molecule is Cc1cc(Nc2cc3ncnn3c(NC3CC4CC[C@@H](C3)N4CCC#N)n2)n[nH]1. The van der Waals surface area contributed by atoms with Gasteiger partial charge in [0, 0.05) is 48.9 Å². The lowest BCUT2D eigenvalue weighted by Crippen LogP contribution is -2.47. The molecule has 0 spiro atoms. The minimum atomic E-state index is 0.327. The second-order valence-electron chi connectivity index (χ2n) is 7.90. The molecule has 0 aromatic carbocycles. The van der Waals surface area contributed by atoms with Crippen LogP contribution >= 0.6 is 0 Å². The van der Waals surface area contributed by atoms with Crippen molar-refractivity contribution in [3.05, 3.63) is 24.2 Å². The van der Waals surface area contributed by atoms with Gasteiger partial charge in [0.2, 0.25) is 5.95 Å². The maximum absolute atomic E-state index is 8.92. The van der Waals surface area contributed by atoms with Gasteiger partial charge in [0.15, 0.2) is 11.5 Å². The minimum Gasteiger partial charge on any atom is -0.351 e. The molecule has 29 heavy (non-hydrogen) atoms. The van der Waals surface area contributed by atoms with Crippen LogP contribution in [0.1, 0.15) is 37.8 Å². The van der Waals surface area contributed by atoms with E-state index in [0.29, 0.717) is 42.1 Å². The zero-order valence-electron chi connectivity index (χ0n) is 16.3. The molecule has 2 unspecified atom stereocenters. The van der Waals surface area contributed by atoms with Crippen molar-refractivity contribution >= 4 is 23.2 Å². The largest absolute Gasteiger partial charge is 0.351 e. The van der Waals surface area contributed by atoms with Gasteiger partial charge in [-0.2, -0.15) is 25.0 Å². The number of aromatic nitrogens is 6. The number of nitriles is 1. The molecule has 5 heterocycles. The van der Waals surface area contributed by atoms with E-state index in [2.05, 4.69) is 41.9 Å². The Morgan fingerprint density at radius 3 is 2.79 bits per heavy atom. The molecule has 2 saturated heterocycles. The molecule has 5 rings (SSSR count). The van der Waals surface area contributed by atoms with Crippen molar-refractivity contribution in [2.75, 3.05) is 17.2 Å². The van der Waals surface area contributed by atoms with E-state index in [1.165, 1.54) is 12.8 Å². The van der Waals surface area contributed by atoms with E-state index < -0.39 is 0 Å². The molecule has 10 heteroatoms. The maximum Gasteiger partial charge on any atom is 0.228 e. The third-order valence-electron chi connectivity index (χ3n) is 5.93. The van der Waals surface area contributed by atoms with E-state index in [4.69, 9.17) is 10.2 Å². The number of anilines is 3. The van der Waals surface area contributed by atoms with Crippen molar-refractivity contribution in [1.82, 2.24) is 34.7 Å². The number of piperidine rings is 1. The highest BCUT2D eigenvalue weighted by Crippen LogP contribution is 2.36. The van der Waals surface area contributed by atoms with Gasteiger partial charge in [-0.1, -0.05) is 0 Å². The molecule has 0 amide bonds. The van der Waals surface area contributed by atoms with Crippen molar-refractivity contribution < 1.29 is 0 Å². The van der Waals surface area contributed by atoms with E-state index in [1.54, 1.807) is 10.8 Å². The van der Waals surface area contributed by atoms with Gasteiger partial charge in [0.05, 0.1) is 6.07 Å². The number of nitrogens with zero attached hydrogens (tertiary/aromatic N) is 7. The van der Waals surface area contributed by atoms with Gasteiger partial charge >= 0.3 is 0 Å². The second-order valence-corrected chi connectivity index (χ2v) is 7.90. The first-order valence-corrected chi connectivity index (χ1v) is 10.1. The Morgan fingerprint density at radius 2 is 2.07 bits per heavy atom. The number of nitrogens with one attached hydrogen (secondary N) is 3. The molecule has 150 valence electrons. The van der Waals surface area contributed by atoms with Crippen LogP contribution in [0.15, 0.2) is 18.5 Å². The summed E-state index contributed by atoms with van der Waals surface area (Å²) in [6.07, 6.45) is 6.67. The zero-order chi connectivity index (χ0) is 19.8. The summed E-state index contributed by atoms with van der Waals surface area (Å²) < 4.78 is 1.74. The summed E-state index contributed by atoms with van der Waals surface area (Å²) in [4.78, 5) is 11.6. The molecule has 0 radical (unpaired) electrons. The van der Waals surface area contributed by atoms with Gasteiger partial charge in [-0.3, -0.25) is 10.00 Å². The number of hydrogen-bond donors (Lipinski definition) is 3. The highest BCUT2D eigenvalue weighted by molar-refractivity contribution is 5.60. The van der Waals surface area contributed by atoms with Crippen LogP contribution in [0.2, 0.25) is 0 Å². The van der Waals surface area contributed by atoms with Gasteiger partial charge < -0.3 is 10.6 Å². The Hall–Kier alpha value is -3.19. The first-order valence-electron chi connectivity index (χ1n) is 10.1. The number of rotatable bonds is 6. The monoisotopic (exact) mass is 392 g/mol. The normalized spacial score (nSPS) is 23.9. The van der Waals surface area contributed by atoms with E-state index in [9.17, 15) is 0 Å². The topological polar surface area (TPSA) is 123 Å². The highest BCUT2D eigenvalue weighted by Gasteiger charge is 2.40. The first kappa shape index (κ1) is 17.9. The third kappa shape index (κ3) is 3.49. The maximum atomic E-state index is 8.92. The Labute approximate surface area is 168 Å². The Bertz CT molecular complexity index is 1030. The Kier molecular flexibility index (Phi) is 4.52. The summed E-state index contributed by atoms with van der Waals surface area (Å²) in [5.41, 5.74) is 1.71. The molecule has 2 aliphatic rings. The van der Waals surface area contributed by atoms with Gasteiger partial charge in [-0.05, 0) is 32.6 Å². The third-order valence-corrected chi connectivity index (χ3v) is 5.93. The highest BCUT2D eigenvalue weighted by atomic mass is 15.4. The molecule has 3 aromatic heterocycles. The lowest BCUT2D eigenvalue weighted by molar-refractivity contribution is 0.135. The fraction of sp³-hybridized carbons (Fsp3) is 0.526. The van der Waals surface area contributed by atoms with E-state index in [0.717, 1.165) is 30.7 Å². The van der Waals surface area contributed by atoms with Gasteiger partial charge in [0.25, 0.3) is 0 Å². The van der Waals surface area contributed by atoms with Gasteiger partial charge in [0.1, 0.15) is 12.1 Å². The lowest BCUT2D eigenvalue weighted by Gasteiger charge is -2.38. The van der Waals surface area contributed by atoms with Crippen LogP contribution in [0.5, 0.6) is 0 Å². The predicted octanol–water partition coefficient (Wildman–Crippen LogP) is 2.22. The summed E-state index contributed by atoms with van der Waals surface area (Å²) >= 11 is 0. The molecule has 0 saturated carbocycles. The molecule has 3 atom stereocenters. The van der Waals surface area contributed by atoms with Crippen LogP contribution in [0.25, 0.3) is 5.65 Å². The first-order chi connectivity index (χ1) is 14.2. The zero-order valence-corrected chi connectivity index (χ0v) is 16.3. The molecular weight excluding hydrogens is 368 g/mol. The van der Waals surface area contributed by atoms with E-state index >= 15 is 0 Å². The molecule has 10 nitrogen and oxygen atoms in total. The van der Waals surface area contributed by atoms with Crippen molar-refractivity contribution in [3.63, 3.8) is 0 Å². The number of fused-ring (bicyclic) bond motifs is 3. The van der Waals surface area contributed by atoms with Crippen molar-refractivity contribution in [2.45, 2.75) is 57.2 Å². The van der Waals surface area contributed by atoms with Crippen molar-refractivity contribution in [1.29, 1.82) is 5.26 Å². The average molecular weight is 392 g/mol. The smallest absolute Gasteiger partial charge is 0.228 e. The van der Waals surface area contributed by atoms with Crippen LogP contribution in [0.4, 0.5) is 17.6 Å². The van der Waals surface area contributed by atoms with Gasteiger partial charge in [-0.15, -0.1) is 0 Å². The van der Waals surface area contributed by atoms with Crippen LogP contribution in [-0.4, -0.2) is 59.3 Å². The molecule has 0 aliphatic carbocycles. The second kappa shape index (κ2) is 7.33. The summed E-state index contributed by atoms with van der Waals surface area (Å²) in [5.74, 6) is 2.08. The Balaban J connectivity index is 1.35. The summed E-state index contributed by atoms with van der Waals surface area (Å²) in [5, 5.41) is 27.2. The van der Waals surface area contributed by atoms with Crippen molar-refractivity contribution in [2.24, 2.45) is 0 Å². The quantitative estimate of drug-likeness (QED) is 0.583. The number of aromatic amines is 1. The molecular formula is C19H24N10. The molecule has 3 N–H and O–H groups in total. The summed E-state index contributed by atoms with van der Waals surface area (Å²) in [6.45, 7) is 2.84. The van der Waals surface area contributed by atoms with Crippen LogP contribution in [0.3, 0.4) is 0 Å². The average Bonchev–Trinajstić information content (AvgIpc) is 3.39. The van der Waals surface area contributed by atoms with E-state index in [1.807, 2.05) is 19.1 Å². The molecule has 2 bridgehead atoms. The van der Waals surface area contributed by atoms with Crippen LogP contribution in [-0.2, 0) is 0 Å². The molecule has 3 aromatic rings. The van der Waals surface area contributed by atoms with Crippen LogP contribution < -0.4 is 10.6 Å². The van der Waals surface area contributed by atoms with Crippen molar-refractivity contribution in [3.8, 4) is 6.07 Å². The predicted molar refractivity (Wildman–Crippen MR) is 108 cm³/mol. The summed E-state index contributed by atoms with van der Waals surface area (Å²) in [6, 6.07) is 7.47. The fourth-order valence-electron chi connectivity index (χ4n) is 4.72. The fourth-order valence-corrected chi connectivity index (χ4v) is 4.72. The van der Waals surface area contributed by atoms with E-state index in [-0.39, 0.29) is 0 Å². The van der Waals surface area contributed by atoms with Crippen LogP contribution in [0, 0.1) is 18.3 Å². The van der Waals surface area contributed by atoms with Gasteiger partial charge in [-0.25, -0.2) is 4.98 Å². The number of aryl methyl sites for hydroxylation is 1. The number of hydrogen-bond acceptors (Lipinski definition) is 8. The Morgan fingerprint density at radius 1 is 1.24 bits per heavy atom.